The summed E-state index contributed by atoms with van der Waals surface area (Å²) in [5.74, 6) is 0. The molecule has 0 N–H and O–H groups in total. The van der Waals surface area contributed by atoms with Crippen molar-refractivity contribution in [2.24, 2.45) is 0 Å². The van der Waals surface area contributed by atoms with E-state index in [1.165, 1.54) is 24.8 Å². The van der Waals surface area contributed by atoms with Crippen LogP contribution in [-0.2, 0) is 5.41 Å². The Bertz CT molecular complexity index is 490. The normalized spacial score (nSPS) is 21.8. The Hall–Kier alpha value is -1.33. The van der Waals surface area contributed by atoms with Crippen molar-refractivity contribution in [2.75, 3.05) is 6.54 Å². The quantitative estimate of drug-likeness (QED) is 0.796. The molecule has 0 saturated carbocycles. The lowest BCUT2D eigenvalue weighted by Crippen LogP contribution is -2.41. The van der Waals surface area contributed by atoms with E-state index in [1.807, 2.05) is 0 Å². The van der Waals surface area contributed by atoms with E-state index < -0.39 is 0 Å². The molecule has 0 spiro atoms. The summed E-state index contributed by atoms with van der Waals surface area (Å²) in [5, 5.41) is 9.68. The van der Waals surface area contributed by atoms with Crippen LogP contribution in [0.5, 0.6) is 0 Å². The summed E-state index contributed by atoms with van der Waals surface area (Å²) in [4.78, 5) is 2.41. The lowest BCUT2D eigenvalue weighted by Gasteiger charge is -2.38. The number of rotatable bonds is 3. The number of hydrogen-bond donors (Lipinski definition) is 0. The molecule has 1 aliphatic heterocycles. The summed E-state index contributed by atoms with van der Waals surface area (Å²) < 4.78 is 0. The molecule has 0 aliphatic carbocycles. The summed E-state index contributed by atoms with van der Waals surface area (Å²) in [6.07, 6.45) is 4.89. The number of nitriles is 1. The second-order valence-electron chi connectivity index (χ2n) is 7.20. The first kappa shape index (κ1) is 16.0. The predicted octanol–water partition coefficient (Wildman–Crippen LogP) is 4.81. The second kappa shape index (κ2) is 6.62. The van der Waals surface area contributed by atoms with Gasteiger partial charge in [0.2, 0.25) is 0 Å². The molecule has 1 fully saturated rings. The molecule has 1 aliphatic rings. The van der Waals surface area contributed by atoms with Crippen molar-refractivity contribution in [1.82, 2.24) is 4.90 Å². The molecule has 1 heterocycles. The minimum Gasteiger partial charge on any atom is -0.281 e. The van der Waals surface area contributed by atoms with Gasteiger partial charge in [-0.3, -0.25) is 4.90 Å². The fraction of sp³-hybridized carbons (Fsp3) is 0.632. The minimum absolute atomic E-state index is 0.0933. The summed E-state index contributed by atoms with van der Waals surface area (Å²) >= 11 is 0. The molecule has 2 nitrogen and oxygen atoms in total. The van der Waals surface area contributed by atoms with E-state index in [4.69, 9.17) is 0 Å². The van der Waals surface area contributed by atoms with Gasteiger partial charge in [0.25, 0.3) is 0 Å². The molecular weight excluding hydrogens is 256 g/mol. The lowest BCUT2D eigenvalue weighted by molar-refractivity contribution is 0.117. The second-order valence-corrected chi connectivity index (χ2v) is 7.20. The Morgan fingerprint density at radius 2 is 1.90 bits per heavy atom. The molecule has 21 heavy (non-hydrogen) atoms. The van der Waals surface area contributed by atoms with Crippen LogP contribution in [0.3, 0.4) is 0 Å². The Labute approximate surface area is 129 Å². The highest BCUT2D eigenvalue weighted by atomic mass is 15.2. The third-order valence-electron chi connectivity index (χ3n) is 4.69. The zero-order valence-corrected chi connectivity index (χ0v) is 13.9. The largest absolute Gasteiger partial charge is 0.281 e. The van der Waals surface area contributed by atoms with Crippen LogP contribution >= 0.6 is 0 Å². The third kappa shape index (κ3) is 3.66. The third-order valence-corrected chi connectivity index (χ3v) is 4.69. The fourth-order valence-electron chi connectivity index (χ4n) is 3.31. The molecule has 114 valence electrons. The van der Waals surface area contributed by atoms with Gasteiger partial charge in [0.1, 0.15) is 6.04 Å². The molecule has 0 radical (unpaired) electrons. The SMILES string of the molecule is CCC1CCCCN1C(C#N)c1ccc(C(C)(C)C)cc1. The monoisotopic (exact) mass is 284 g/mol. The van der Waals surface area contributed by atoms with Crippen molar-refractivity contribution in [3.05, 3.63) is 35.4 Å². The van der Waals surface area contributed by atoms with Crippen LogP contribution in [0.4, 0.5) is 0 Å². The average Bonchev–Trinajstić information content (AvgIpc) is 2.48. The Balaban J connectivity index is 2.23. The van der Waals surface area contributed by atoms with Crippen LogP contribution < -0.4 is 0 Å². The Morgan fingerprint density at radius 3 is 2.43 bits per heavy atom. The fourth-order valence-corrected chi connectivity index (χ4v) is 3.31. The molecule has 2 heteroatoms. The lowest BCUT2D eigenvalue weighted by atomic mass is 9.86. The standard InChI is InChI=1S/C19H28N2/c1-5-17-8-6-7-13-21(17)18(14-20)15-9-11-16(12-10-15)19(2,3)4/h9-12,17-18H,5-8,13H2,1-4H3. The highest BCUT2D eigenvalue weighted by molar-refractivity contribution is 5.31. The first-order chi connectivity index (χ1) is 9.97. The predicted molar refractivity (Wildman–Crippen MR) is 88.1 cm³/mol. The Kier molecular flexibility index (Phi) is 5.06. The van der Waals surface area contributed by atoms with Gasteiger partial charge in [0.05, 0.1) is 6.07 Å². The van der Waals surface area contributed by atoms with Crippen molar-refractivity contribution in [2.45, 2.75) is 70.9 Å². The van der Waals surface area contributed by atoms with Crippen molar-refractivity contribution in [1.29, 1.82) is 5.26 Å². The van der Waals surface area contributed by atoms with Gasteiger partial charge in [-0.1, -0.05) is 58.4 Å². The van der Waals surface area contributed by atoms with Gasteiger partial charge in [0, 0.05) is 12.6 Å². The molecular formula is C19H28N2. The number of nitrogens with zero attached hydrogens (tertiary/aromatic N) is 2. The van der Waals surface area contributed by atoms with E-state index in [-0.39, 0.29) is 11.5 Å². The molecule has 0 aromatic heterocycles. The van der Waals surface area contributed by atoms with Crippen LogP contribution in [-0.4, -0.2) is 17.5 Å². The molecule has 0 amide bonds. The maximum atomic E-state index is 9.68. The zero-order valence-electron chi connectivity index (χ0n) is 13.9. The highest BCUT2D eigenvalue weighted by Crippen LogP contribution is 2.31. The minimum atomic E-state index is -0.0933. The van der Waals surface area contributed by atoms with Crippen LogP contribution in [0.25, 0.3) is 0 Å². The summed E-state index contributed by atoms with van der Waals surface area (Å²) in [6, 6.07) is 11.7. The molecule has 1 aromatic rings. The van der Waals surface area contributed by atoms with Crippen LogP contribution in [0.1, 0.15) is 70.5 Å². The zero-order chi connectivity index (χ0) is 15.5. The summed E-state index contributed by atoms with van der Waals surface area (Å²) in [6.45, 7) is 9.96. The van der Waals surface area contributed by atoms with Gasteiger partial charge in [-0.25, -0.2) is 0 Å². The van der Waals surface area contributed by atoms with Crippen molar-refractivity contribution in [3.8, 4) is 6.07 Å². The van der Waals surface area contributed by atoms with Gasteiger partial charge in [0.15, 0.2) is 0 Å². The summed E-state index contributed by atoms with van der Waals surface area (Å²) in [7, 11) is 0. The van der Waals surface area contributed by atoms with Crippen LogP contribution in [0, 0.1) is 11.3 Å². The first-order valence-electron chi connectivity index (χ1n) is 8.23. The van der Waals surface area contributed by atoms with Gasteiger partial charge in [-0.15, -0.1) is 0 Å². The molecule has 2 unspecified atom stereocenters. The smallest absolute Gasteiger partial charge is 0.124 e. The topological polar surface area (TPSA) is 27.0 Å². The van der Waals surface area contributed by atoms with Gasteiger partial charge in [-0.05, 0) is 35.8 Å². The van der Waals surface area contributed by atoms with Crippen molar-refractivity contribution < 1.29 is 0 Å². The Morgan fingerprint density at radius 1 is 1.24 bits per heavy atom. The van der Waals surface area contributed by atoms with Gasteiger partial charge in [-0.2, -0.15) is 5.26 Å². The van der Waals surface area contributed by atoms with E-state index >= 15 is 0 Å². The van der Waals surface area contributed by atoms with E-state index in [9.17, 15) is 5.26 Å². The van der Waals surface area contributed by atoms with Crippen LogP contribution in [0.15, 0.2) is 24.3 Å². The molecule has 0 bridgehead atoms. The number of benzene rings is 1. The summed E-state index contributed by atoms with van der Waals surface area (Å²) in [5.41, 5.74) is 2.64. The van der Waals surface area contributed by atoms with Crippen molar-refractivity contribution in [3.63, 3.8) is 0 Å². The van der Waals surface area contributed by atoms with Crippen LogP contribution in [0.2, 0.25) is 0 Å². The van der Waals surface area contributed by atoms with E-state index in [0.29, 0.717) is 6.04 Å². The van der Waals surface area contributed by atoms with Gasteiger partial charge >= 0.3 is 0 Å². The molecule has 1 saturated heterocycles. The number of piperidine rings is 1. The van der Waals surface area contributed by atoms with Gasteiger partial charge < -0.3 is 0 Å². The van der Waals surface area contributed by atoms with E-state index in [2.05, 4.69) is 62.9 Å². The maximum Gasteiger partial charge on any atom is 0.124 e. The molecule has 1 aromatic carbocycles. The highest BCUT2D eigenvalue weighted by Gasteiger charge is 2.28. The van der Waals surface area contributed by atoms with E-state index in [0.717, 1.165) is 18.5 Å². The maximum absolute atomic E-state index is 9.68. The number of likely N-dealkylation sites (tertiary alicyclic amines) is 1. The molecule has 2 rings (SSSR count). The van der Waals surface area contributed by atoms with E-state index in [1.54, 1.807) is 0 Å². The number of hydrogen-bond acceptors (Lipinski definition) is 2. The average molecular weight is 284 g/mol. The molecule has 2 atom stereocenters. The van der Waals surface area contributed by atoms with Crippen molar-refractivity contribution >= 4 is 0 Å². The first-order valence-corrected chi connectivity index (χ1v) is 8.23.